The van der Waals surface area contributed by atoms with E-state index in [1.165, 1.54) is 0 Å². The molecule has 0 bridgehead atoms. The molecule has 0 aliphatic carbocycles. The topological polar surface area (TPSA) is 38.8 Å². The van der Waals surface area contributed by atoms with Crippen molar-refractivity contribution in [3.8, 4) is 11.5 Å². The summed E-state index contributed by atoms with van der Waals surface area (Å²) in [4.78, 5) is 14.3. The van der Waals surface area contributed by atoms with E-state index in [1.54, 1.807) is 19.1 Å². The molecule has 134 valence electrons. The van der Waals surface area contributed by atoms with Crippen LogP contribution < -0.4 is 9.47 Å². The van der Waals surface area contributed by atoms with Crippen LogP contribution in [0.2, 0.25) is 0 Å². The smallest absolute Gasteiger partial charge is 0.223 e. The van der Waals surface area contributed by atoms with Crippen molar-refractivity contribution < 1.29 is 14.3 Å². The normalized spacial score (nSPS) is 11.7. The van der Waals surface area contributed by atoms with E-state index < -0.39 is 0 Å². The molecule has 1 amide bonds. The summed E-state index contributed by atoms with van der Waals surface area (Å²) in [5, 5.41) is 0. The zero-order chi connectivity index (χ0) is 18.4. The summed E-state index contributed by atoms with van der Waals surface area (Å²) in [5.74, 6) is 1.73. The van der Waals surface area contributed by atoms with Gasteiger partial charge in [-0.25, -0.2) is 0 Å². The Balaban J connectivity index is 1.95. The number of amides is 1. The molecule has 0 aliphatic rings. The number of ether oxygens (including phenoxy) is 2. The third-order valence-electron chi connectivity index (χ3n) is 4.42. The Labute approximate surface area is 157 Å². The fourth-order valence-electron chi connectivity index (χ4n) is 2.62. The molecular formula is C20H24BrNO3. The molecule has 0 aromatic heterocycles. The van der Waals surface area contributed by atoms with Gasteiger partial charge in [0.1, 0.15) is 11.5 Å². The lowest BCUT2D eigenvalue weighted by Crippen LogP contribution is -2.29. The number of aryl methyl sites for hydroxylation is 1. The maximum Gasteiger partial charge on any atom is 0.223 e. The molecule has 2 rings (SSSR count). The van der Waals surface area contributed by atoms with Gasteiger partial charge >= 0.3 is 0 Å². The van der Waals surface area contributed by atoms with Gasteiger partial charge in [-0.15, -0.1) is 0 Å². The summed E-state index contributed by atoms with van der Waals surface area (Å²) in [6, 6.07) is 13.7. The van der Waals surface area contributed by atoms with E-state index >= 15 is 0 Å². The molecule has 0 spiro atoms. The second kappa shape index (κ2) is 8.90. The molecule has 0 N–H and O–H groups in total. The molecular weight excluding hydrogens is 382 g/mol. The highest BCUT2D eigenvalue weighted by atomic mass is 79.9. The van der Waals surface area contributed by atoms with E-state index in [1.807, 2.05) is 56.4 Å². The SMILES string of the molecule is COc1ccc(C(C)N(C)C(=O)CCc2ccc(OC)c(Br)c2)cc1. The van der Waals surface area contributed by atoms with E-state index in [9.17, 15) is 4.79 Å². The Morgan fingerprint density at radius 3 is 2.36 bits per heavy atom. The summed E-state index contributed by atoms with van der Waals surface area (Å²) in [6.45, 7) is 2.03. The maximum absolute atomic E-state index is 12.5. The molecule has 0 aliphatic heterocycles. The number of hydrogen-bond donors (Lipinski definition) is 0. The first kappa shape index (κ1) is 19.3. The molecule has 0 radical (unpaired) electrons. The molecule has 1 atom stereocenters. The Hall–Kier alpha value is -2.01. The third kappa shape index (κ3) is 4.98. The van der Waals surface area contributed by atoms with Crippen LogP contribution >= 0.6 is 15.9 Å². The van der Waals surface area contributed by atoms with Crippen molar-refractivity contribution in [2.75, 3.05) is 21.3 Å². The second-order valence-corrected chi connectivity index (χ2v) is 6.78. The van der Waals surface area contributed by atoms with Crippen molar-refractivity contribution in [2.45, 2.75) is 25.8 Å². The maximum atomic E-state index is 12.5. The molecule has 2 aromatic rings. The average Bonchev–Trinajstić information content (AvgIpc) is 2.65. The van der Waals surface area contributed by atoms with Gasteiger partial charge in [0.15, 0.2) is 0 Å². The van der Waals surface area contributed by atoms with Crippen LogP contribution in [0.15, 0.2) is 46.9 Å². The third-order valence-corrected chi connectivity index (χ3v) is 5.04. The average molecular weight is 406 g/mol. The van der Waals surface area contributed by atoms with Gasteiger partial charge in [-0.1, -0.05) is 18.2 Å². The fourth-order valence-corrected chi connectivity index (χ4v) is 3.20. The highest BCUT2D eigenvalue weighted by Crippen LogP contribution is 2.26. The fraction of sp³-hybridized carbons (Fsp3) is 0.350. The van der Waals surface area contributed by atoms with Crippen molar-refractivity contribution in [2.24, 2.45) is 0 Å². The molecule has 4 nitrogen and oxygen atoms in total. The summed E-state index contributed by atoms with van der Waals surface area (Å²) in [5.41, 5.74) is 2.19. The zero-order valence-corrected chi connectivity index (χ0v) is 16.7. The number of carbonyl (C=O) groups excluding carboxylic acids is 1. The van der Waals surface area contributed by atoms with Crippen molar-refractivity contribution in [3.63, 3.8) is 0 Å². The van der Waals surface area contributed by atoms with E-state index in [0.717, 1.165) is 27.1 Å². The first-order valence-corrected chi connectivity index (χ1v) is 8.97. The minimum absolute atomic E-state index is 0.0148. The van der Waals surface area contributed by atoms with Gasteiger partial charge in [0.2, 0.25) is 5.91 Å². The van der Waals surface area contributed by atoms with Crippen molar-refractivity contribution in [1.29, 1.82) is 0 Å². The Morgan fingerprint density at radius 2 is 1.80 bits per heavy atom. The number of rotatable bonds is 7. The van der Waals surface area contributed by atoms with Crippen LogP contribution in [0.3, 0.4) is 0 Å². The molecule has 2 aromatic carbocycles. The monoisotopic (exact) mass is 405 g/mol. The van der Waals surface area contributed by atoms with Gasteiger partial charge in [0, 0.05) is 13.5 Å². The number of halogens is 1. The van der Waals surface area contributed by atoms with Crippen molar-refractivity contribution >= 4 is 21.8 Å². The summed E-state index contributed by atoms with van der Waals surface area (Å²) in [6.07, 6.45) is 1.16. The predicted octanol–water partition coefficient (Wildman–Crippen LogP) is 4.62. The Morgan fingerprint density at radius 1 is 1.12 bits per heavy atom. The van der Waals surface area contributed by atoms with Crippen molar-refractivity contribution in [3.05, 3.63) is 58.1 Å². The van der Waals surface area contributed by atoms with E-state index in [4.69, 9.17) is 9.47 Å². The van der Waals surface area contributed by atoms with Gasteiger partial charge in [0.25, 0.3) is 0 Å². The van der Waals surface area contributed by atoms with Gasteiger partial charge in [-0.2, -0.15) is 0 Å². The molecule has 0 saturated heterocycles. The van der Waals surface area contributed by atoms with Crippen LogP contribution in [-0.4, -0.2) is 32.1 Å². The van der Waals surface area contributed by atoms with Crippen LogP contribution in [-0.2, 0) is 11.2 Å². The highest BCUT2D eigenvalue weighted by Gasteiger charge is 2.17. The van der Waals surface area contributed by atoms with Crippen molar-refractivity contribution in [1.82, 2.24) is 4.90 Å². The Kier molecular flexibility index (Phi) is 6.88. The summed E-state index contributed by atoms with van der Waals surface area (Å²) in [7, 11) is 5.13. The second-order valence-electron chi connectivity index (χ2n) is 5.92. The minimum atomic E-state index is 0.0148. The number of nitrogens with zero attached hydrogens (tertiary/aromatic N) is 1. The van der Waals surface area contributed by atoms with E-state index in [2.05, 4.69) is 15.9 Å². The number of carbonyl (C=O) groups is 1. The van der Waals surface area contributed by atoms with Gasteiger partial charge < -0.3 is 14.4 Å². The first-order chi connectivity index (χ1) is 12.0. The molecule has 0 fully saturated rings. The molecule has 1 unspecified atom stereocenters. The highest BCUT2D eigenvalue weighted by molar-refractivity contribution is 9.10. The molecule has 25 heavy (non-hydrogen) atoms. The zero-order valence-electron chi connectivity index (χ0n) is 15.1. The number of hydrogen-bond acceptors (Lipinski definition) is 3. The predicted molar refractivity (Wildman–Crippen MR) is 103 cm³/mol. The largest absolute Gasteiger partial charge is 0.497 e. The van der Waals surface area contributed by atoms with Gasteiger partial charge in [0.05, 0.1) is 24.7 Å². The lowest BCUT2D eigenvalue weighted by atomic mass is 10.1. The quantitative estimate of drug-likeness (QED) is 0.674. The standard InChI is InChI=1S/C20H24BrNO3/c1-14(16-7-9-17(24-3)10-8-16)22(2)20(23)12-6-15-5-11-19(25-4)18(21)13-15/h5,7-11,13-14H,6,12H2,1-4H3. The van der Waals surface area contributed by atoms with E-state index in [0.29, 0.717) is 12.8 Å². The number of benzene rings is 2. The number of methoxy groups -OCH3 is 2. The lowest BCUT2D eigenvalue weighted by Gasteiger charge is -2.25. The van der Waals surface area contributed by atoms with Gasteiger partial charge in [-0.3, -0.25) is 4.79 Å². The van der Waals surface area contributed by atoms with Crippen LogP contribution in [0.1, 0.15) is 30.5 Å². The first-order valence-electron chi connectivity index (χ1n) is 8.18. The Bertz CT molecular complexity index is 715. The van der Waals surface area contributed by atoms with Crippen LogP contribution in [0.25, 0.3) is 0 Å². The summed E-state index contributed by atoms with van der Waals surface area (Å²) >= 11 is 3.48. The van der Waals surface area contributed by atoms with Crippen LogP contribution in [0, 0.1) is 0 Å². The molecule has 0 heterocycles. The van der Waals surface area contributed by atoms with E-state index in [-0.39, 0.29) is 11.9 Å². The molecule has 5 heteroatoms. The minimum Gasteiger partial charge on any atom is -0.497 e. The summed E-state index contributed by atoms with van der Waals surface area (Å²) < 4.78 is 11.3. The van der Waals surface area contributed by atoms with Crippen LogP contribution in [0.5, 0.6) is 11.5 Å². The van der Waals surface area contributed by atoms with Crippen LogP contribution in [0.4, 0.5) is 0 Å². The molecule has 0 saturated carbocycles. The van der Waals surface area contributed by atoms with Gasteiger partial charge in [-0.05, 0) is 64.7 Å². The lowest BCUT2D eigenvalue weighted by molar-refractivity contribution is -0.131.